The minimum atomic E-state index is -4.02. The fourth-order valence-corrected chi connectivity index (χ4v) is 3.54. The number of amides is 3. The van der Waals surface area contributed by atoms with Crippen LogP contribution in [0, 0.1) is 5.92 Å². The molecule has 0 bridgehead atoms. The zero-order valence-electron chi connectivity index (χ0n) is 17.9. The molecule has 10 nitrogen and oxygen atoms in total. The lowest BCUT2D eigenvalue weighted by atomic mass is 10.1. The first-order valence-corrected chi connectivity index (χ1v) is 10.7. The van der Waals surface area contributed by atoms with E-state index in [1.165, 1.54) is 31.4 Å². The van der Waals surface area contributed by atoms with E-state index in [1.807, 2.05) is 5.32 Å². The van der Waals surface area contributed by atoms with Crippen LogP contribution < -0.4 is 20.1 Å². The largest absolute Gasteiger partial charge is 0.497 e. The number of carbonyl (C=O) groups is 3. The molecule has 0 aliphatic carbocycles. The van der Waals surface area contributed by atoms with Crippen LogP contribution in [0.4, 0.5) is 4.79 Å². The molecular weight excluding hydrogens is 414 g/mol. The van der Waals surface area contributed by atoms with Gasteiger partial charge in [0.15, 0.2) is 6.61 Å². The number of hydrogen-bond donors (Lipinski definition) is 3. The number of nitrogens with one attached hydrogen (secondary N) is 3. The Kier molecular flexibility index (Phi) is 8.79. The van der Waals surface area contributed by atoms with E-state index in [0.717, 1.165) is 0 Å². The summed E-state index contributed by atoms with van der Waals surface area (Å²) < 4.78 is 37.3. The first-order valence-electron chi connectivity index (χ1n) is 9.20. The second kappa shape index (κ2) is 10.4. The van der Waals surface area contributed by atoms with Crippen molar-refractivity contribution >= 4 is 27.9 Å². The van der Waals surface area contributed by atoms with Crippen molar-refractivity contribution in [1.29, 1.82) is 0 Å². The fourth-order valence-electron chi connectivity index (χ4n) is 2.21. The highest BCUT2D eigenvalue weighted by Crippen LogP contribution is 2.17. The number of sulfonamides is 1. The Bertz CT molecular complexity index is 859. The van der Waals surface area contributed by atoms with Crippen LogP contribution in [0.25, 0.3) is 0 Å². The van der Waals surface area contributed by atoms with E-state index >= 15 is 0 Å². The Balaban J connectivity index is 2.74. The third-order valence-corrected chi connectivity index (χ3v) is 5.12. The van der Waals surface area contributed by atoms with Crippen LogP contribution in [-0.2, 0) is 24.3 Å². The number of esters is 1. The molecular formula is C19H29N3O7S. The van der Waals surface area contributed by atoms with E-state index in [0.29, 0.717) is 5.75 Å². The summed E-state index contributed by atoms with van der Waals surface area (Å²) in [5, 5.41) is 4.55. The van der Waals surface area contributed by atoms with Crippen molar-refractivity contribution in [1.82, 2.24) is 15.4 Å². The maximum absolute atomic E-state index is 12.6. The van der Waals surface area contributed by atoms with Crippen LogP contribution >= 0.6 is 0 Å². The normalized spacial score (nSPS) is 12.8. The third-order valence-electron chi connectivity index (χ3n) is 3.66. The summed E-state index contributed by atoms with van der Waals surface area (Å²) in [6.45, 7) is 7.72. The van der Waals surface area contributed by atoms with E-state index < -0.39 is 52.0 Å². The molecule has 0 saturated carbocycles. The Labute approximate surface area is 176 Å². The molecule has 0 aliphatic heterocycles. The molecule has 1 aromatic rings. The van der Waals surface area contributed by atoms with E-state index in [4.69, 9.17) is 9.47 Å². The highest BCUT2D eigenvalue weighted by atomic mass is 32.2. The first-order chi connectivity index (χ1) is 13.7. The van der Waals surface area contributed by atoms with Crippen molar-refractivity contribution in [2.45, 2.75) is 51.1 Å². The zero-order valence-corrected chi connectivity index (χ0v) is 18.8. The predicted octanol–water partition coefficient (Wildman–Crippen LogP) is 1.17. The second-order valence-electron chi connectivity index (χ2n) is 7.88. The van der Waals surface area contributed by atoms with Crippen LogP contribution in [0.3, 0.4) is 0 Å². The minimum Gasteiger partial charge on any atom is -0.497 e. The van der Waals surface area contributed by atoms with Gasteiger partial charge in [-0.2, -0.15) is 4.72 Å². The summed E-state index contributed by atoms with van der Waals surface area (Å²) in [5.41, 5.74) is -0.552. The standard InChI is InChI=1S/C19H29N3O7S/c1-12(2)16(22-30(26,27)14-9-7-13(28-6)8-10-14)17(24)29-11-15(23)20-18(25)21-19(3,4)5/h7-10,12,16,22H,11H2,1-6H3,(H2,20,21,23,25)/t16-/m0/s1. The number of urea groups is 1. The Hall–Kier alpha value is -2.66. The third kappa shape index (κ3) is 8.37. The van der Waals surface area contributed by atoms with Gasteiger partial charge in [0.1, 0.15) is 11.8 Å². The molecule has 0 spiro atoms. The monoisotopic (exact) mass is 443 g/mol. The molecule has 0 unspecified atom stereocenters. The molecule has 30 heavy (non-hydrogen) atoms. The second-order valence-corrected chi connectivity index (χ2v) is 9.59. The van der Waals surface area contributed by atoms with Gasteiger partial charge in [0.25, 0.3) is 5.91 Å². The molecule has 0 saturated heterocycles. The quantitative estimate of drug-likeness (QED) is 0.512. The Morgan fingerprint density at radius 3 is 2.10 bits per heavy atom. The van der Waals surface area contributed by atoms with Gasteiger partial charge in [-0.05, 0) is 51.0 Å². The molecule has 1 aromatic carbocycles. The average molecular weight is 444 g/mol. The van der Waals surface area contributed by atoms with E-state index in [1.54, 1.807) is 34.6 Å². The van der Waals surface area contributed by atoms with Crippen molar-refractivity contribution in [3.05, 3.63) is 24.3 Å². The minimum absolute atomic E-state index is 0.0571. The van der Waals surface area contributed by atoms with Crippen molar-refractivity contribution in [3.63, 3.8) is 0 Å². The number of methoxy groups -OCH3 is 1. The maximum atomic E-state index is 12.6. The number of imide groups is 1. The fraction of sp³-hybridized carbons (Fsp3) is 0.526. The van der Waals surface area contributed by atoms with Gasteiger partial charge < -0.3 is 14.8 Å². The number of rotatable bonds is 8. The average Bonchev–Trinajstić information content (AvgIpc) is 2.62. The highest BCUT2D eigenvalue weighted by molar-refractivity contribution is 7.89. The van der Waals surface area contributed by atoms with Gasteiger partial charge in [-0.1, -0.05) is 13.8 Å². The van der Waals surface area contributed by atoms with E-state index in [-0.39, 0.29) is 4.90 Å². The smallest absolute Gasteiger partial charge is 0.324 e. The van der Waals surface area contributed by atoms with Crippen molar-refractivity contribution in [2.75, 3.05) is 13.7 Å². The number of benzene rings is 1. The van der Waals surface area contributed by atoms with E-state index in [9.17, 15) is 22.8 Å². The van der Waals surface area contributed by atoms with Gasteiger partial charge in [0.2, 0.25) is 10.0 Å². The molecule has 11 heteroatoms. The SMILES string of the molecule is COc1ccc(S(=O)(=O)N[C@H](C(=O)OCC(=O)NC(=O)NC(C)(C)C)C(C)C)cc1. The summed E-state index contributed by atoms with van der Waals surface area (Å²) in [6, 6.07) is 3.67. The molecule has 168 valence electrons. The molecule has 0 heterocycles. The van der Waals surface area contributed by atoms with Gasteiger partial charge in [-0.15, -0.1) is 0 Å². The summed E-state index contributed by atoms with van der Waals surface area (Å²) in [5.74, 6) is -1.76. The molecule has 3 amide bonds. The highest BCUT2D eigenvalue weighted by Gasteiger charge is 2.30. The molecule has 1 atom stereocenters. The summed E-state index contributed by atoms with van der Waals surface area (Å²) >= 11 is 0. The lowest BCUT2D eigenvalue weighted by Gasteiger charge is -2.21. The van der Waals surface area contributed by atoms with Crippen LogP contribution in [0.5, 0.6) is 5.75 Å². The Morgan fingerprint density at radius 1 is 1.07 bits per heavy atom. The van der Waals surface area contributed by atoms with Crippen LogP contribution in [0.1, 0.15) is 34.6 Å². The van der Waals surface area contributed by atoms with Gasteiger partial charge in [-0.25, -0.2) is 13.2 Å². The first kappa shape index (κ1) is 25.4. The molecule has 3 N–H and O–H groups in total. The molecule has 0 aromatic heterocycles. The van der Waals surface area contributed by atoms with Crippen molar-refractivity contribution < 1.29 is 32.3 Å². The summed E-state index contributed by atoms with van der Waals surface area (Å²) in [6.07, 6.45) is 0. The summed E-state index contributed by atoms with van der Waals surface area (Å²) in [7, 11) is -2.57. The van der Waals surface area contributed by atoms with Crippen molar-refractivity contribution in [3.8, 4) is 5.75 Å². The zero-order chi connectivity index (χ0) is 23.1. The lowest BCUT2D eigenvalue weighted by molar-refractivity contribution is -0.150. The van der Waals surface area contributed by atoms with Gasteiger partial charge in [0, 0.05) is 5.54 Å². The number of ether oxygens (including phenoxy) is 2. The van der Waals surface area contributed by atoms with E-state index in [2.05, 4.69) is 10.0 Å². The van der Waals surface area contributed by atoms with Gasteiger partial charge >= 0.3 is 12.0 Å². The van der Waals surface area contributed by atoms with Crippen molar-refractivity contribution in [2.24, 2.45) is 5.92 Å². The maximum Gasteiger partial charge on any atom is 0.324 e. The molecule has 0 radical (unpaired) electrons. The van der Waals surface area contributed by atoms with Crippen LogP contribution in [0.15, 0.2) is 29.2 Å². The Morgan fingerprint density at radius 2 is 1.63 bits per heavy atom. The number of carbonyl (C=O) groups excluding carboxylic acids is 3. The summed E-state index contributed by atoms with van der Waals surface area (Å²) in [4.78, 5) is 35.8. The van der Waals surface area contributed by atoms with Crippen LogP contribution in [0.2, 0.25) is 0 Å². The van der Waals surface area contributed by atoms with Gasteiger partial charge in [0.05, 0.1) is 12.0 Å². The van der Waals surface area contributed by atoms with Gasteiger partial charge in [-0.3, -0.25) is 14.9 Å². The topological polar surface area (TPSA) is 140 Å². The molecule has 0 fully saturated rings. The molecule has 1 rings (SSSR count). The lowest BCUT2D eigenvalue weighted by Crippen LogP contribution is -2.50. The molecule has 0 aliphatic rings. The number of hydrogen-bond acceptors (Lipinski definition) is 7. The van der Waals surface area contributed by atoms with Crippen LogP contribution in [-0.4, -0.2) is 51.6 Å². The predicted molar refractivity (Wildman–Crippen MR) is 109 cm³/mol.